The van der Waals surface area contributed by atoms with Crippen LogP contribution in [0.3, 0.4) is 0 Å². The van der Waals surface area contributed by atoms with Crippen LogP contribution in [0.2, 0.25) is 5.28 Å². The molecule has 1 N–H and O–H groups in total. The second-order valence-corrected chi connectivity index (χ2v) is 6.26. The van der Waals surface area contributed by atoms with Crippen LogP contribution < -0.4 is 4.72 Å². The molecule has 1 heterocycles. The molecule has 8 heteroatoms. The molecule has 0 aromatic carbocycles. The fourth-order valence-electron chi connectivity index (χ4n) is 1.14. The van der Waals surface area contributed by atoms with Gasteiger partial charge in [0.25, 0.3) is 0 Å². The minimum Gasteiger partial charge on any atom is -0.303 e. The summed E-state index contributed by atoms with van der Waals surface area (Å²) in [5, 5.41) is 0.0218. The molecular formula is C10H17ClN4O2S. The summed E-state index contributed by atoms with van der Waals surface area (Å²) in [7, 11) is -1.62. The third-order valence-electron chi connectivity index (χ3n) is 2.55. The van der Waals surface area contributed by atoms with Gasteiger partial charge < -0.3 is 4.90 Å². The van der Waals surface area contributed by atoms with E-state index in [2.05, 4.69) is 14.7 Å². The monoisotopic (exact) mass is 292 g/mol. The average molecular weight is 293 g/mol. The van der Waals surface area contributed by atoms with Crippen molar-refractivity contribution in [3.05, 3.63) is 17.7 Å². The normalized spacial score (nSPS) is 12.3. The van der Waals surface area contributed by atoms with Crippen LogP contribution in [-0.2, 0) is 10.0 Å². The Bertz CT molecular complexity index is 475. The maximum atomic E-state index is 11.8. The first-order chi connectivity index (χ1) is 8.33. The van der Waals surface area contributed by atoms with E-state index in [1.807, 2.05) is 25.8 Å². The lowest BCUT2D eigenvalue weighted by Crippen LogP contribution is -2.36. The van der Waals surface area contributed by atoms with Gasteiger partial charge in [-0.2, -0.15) is 0 Å². The molecule has 0 saturated heterocycles. The van der Waals surface area contributed by atoms with Crippen LogP contribution in [-0.4, -0.2) is 49.5 Å². The molecule has 0 spiro atoms. The van der Waals surface area contributed by atoms with Gasteiger partial charge in [-0.3, -0.25) is 0 Å². The maximum absolute atomic E-state index is 11.8. The van der Waals surface area contributed by atoms with Crippen molar-refractivity contribution in [2.75, 3.05) is 20.1 Å². The summed E-state index contributed by atoms with van der Waals surface area (Å²) in [4.78, 5) is 9.34. The van der Waals surface area contributed by atoms with E-state index < -0.39 is 10.0 Å². The number of sulfonamides is 1. The van der Waals surface area contributed by atoms with Crippen molar-refractivity contribution in [2.45, 2.75) is 24.8 Å². The number of likely N-dealkylation sites (N-methyl/N-ethyl adjacent to an activating group) is 1. The van der Waals surface area contributed by atoms with Crippen molar-refractivity contribution in [2.24, 2.45) is 0 Å². The number of aromatic nitrogens is 2. The van der Waals surface area contributed by atoms with Gasteiger partial charge in [-0.1, -0.05) is 0 Å². The fraction of sp³-hybridized carbons (Fsp3) is 0.600. The van der Waals surface area contributed by atoms with E-state index in [9.17, 15) is 8.42 Å². The van der Waals surface area contributed by atoms with Gasteiger partial charge in [0.2, 0.25) is 15.3 Å². The third kappa shape index (κ3) is 4.49. The Balaban J connectivity index is 2.58. The first-order valence-corrected chi connectivity index (χ1v) is 7.36. The van der Waals surface area contributed by atoms with Crippen molar-refractivity contribution in [1.29, 1.82) is 0 Å². The van der Waals surface area contributed by atoms with Crippen LogP contribution in [0.1, 0.15) is 13.8 Å². The standard InChI is InChI=1S/C10H17ClN4O2S/c1-8(2)15(3)5-4-14-18(16,17)9-6-12-10(11)13-7-9/h6-8,14H,4-5H2,1-3H3. The molecule has 0 radical (unpaired) electrons. The molecule has 1 aromatic heterocycles. The lowest BCUT2D eigenvalue weighted by atomic mass is 10.3. The molecule has 6 nitrogen and oxygen atoms in total. The summed E-state index contributed by atoms with van der Waals surface area (Å²) >= 11 is 5.50. The number of halogens is 1. The summed E-state index contributed by atoms with van der Waals surface area (Å²) in [5.74, 6) is 0. The summed E-state index contributed by atoms with van der Waals surface area (Å²) in [6.07, 6.45) is 2.37. The van der Waals surface area contributed by atoms with Crippen molar-refractivity contribution in [3.8, 4) is 0 Å². The fourth-order valence-corrected chi connectivity index (χ4v) is 2.14. The molecule has 1 rings (SSSR count). The Kier molecular flexibility index (Phi) is 5.46. The highest BCUT2D eigenvalue weighted by Gasteiger charge is 2.15. The van der Waals surface area contributed by atoms with Gasteiger partial charge in [-0.15, -0.1) is 0 Å². The molecule has 0 atom stereocenters. The maximum Gasteiger partial charge on any atom is 0.243 e. The molecule has 102 valence electrons. The van der Waals surface area contributed by atoms with Crippen LogP contribution in [0.15, 0.2) is 17.3 Å². The first-order valence-electron chi connectivity index (χ1n) is 5.50. The quantitative estimate of drug-likeness (QED) is 0.783. The Morgan fingerprint density at radius 1 is 1.39 bits per heavy atom. The van der Waals surface area contributed by atoms with Gasteiger partial charge >= 0.3 is 0 Å². The zero-order valence-corrected chi connectivity index (χ0v) is 12.2. The molecule has 0 aliphatic heterocycles. The summed E-state index contributed by atoms with van der Waals surface area (Å²) in [6.45, 7) is 5.05. The molecule has 18 heavy (non-hydrogen) atoms. The number of hydrogen-bond donors (Lipinski definition) is 1. The van der Waals surface area contributed by atoms with Gasteiger partial charge in [0.1, 0.15) is 4.90 Å². The number of nitrogens with one attached hydrogen (secondary N) is 1. The van der Waals surface area contributed by atoms with Crippen LogP contribution in [0.5, 0.6) is 0 Å². The van der Waals surface area contributed by atoms with Gasteiger partial charge in [0.15, 0.2) is 0 Å². The number of hydrogen-bond acceptors (Lipinski definition) is 5. The van der Waals surface area contributed by atoms with Crippen LogP contribution >= 0.6 is 11.6 Å². The highest BCUT2D eigenvalue weighted by molar-refractivity contribution is 7.89. The second-order valence-electron chi connectivity index (χ2n) is 4.16. The van der Waals surface area contributed by atoms with Crippen molar-refractivity contribution in [3.63, 3.8) is 0 Å². The molecule has 0 saturated carbocycles. The number of nitrogens with zero attached hydrogens (tertiary/aromatic N) is 3. The van der Waals surface area contributed by atoms with E-state index in [0.29, 0.717) is 19.1 Å². The SMILES string of the molecule is CC(C)N(C)CCNS(=O)(=O)c1cnc(Cl)nc1. The van der Waals surface area contributed by atoms with Crippen LogP contribution in [0.25, 0.3) is 0 Å². The van der Waals surface area contributed by atoms with E-state index in [-0.39, 0.29) is 10.2 Å². The molecule has 0 unspecified atom stereocenters. The van der Waals surface area contributed by atoms with E-state index in [4.69, 9.17) is 11.6 Å². The topological polar surface area (TPSA) is 75.2 Å². The minimum atomic E-state index is -3.56. The van der Waals surface area contributed by atoms with Crippen molar-refractivity contribution >= 4 is 21.6 Å². The predicted molar refractivity (Wildman–Crippen MR) is 70.0 cm³/mol. The van der Waals surface area contributed by atoms with Gasteiger partial charge in [-0.25, -0.2) is 23.1 Å². The Hall–Kier alpha value is -0.760. The first kappa shape index (κ1) is 15.3. The minimum absolute atomic E-state index is 0.0131. The molecular weight excluding hydrogens is 276 g/mol. The smallest absolute Gasteiger partial charge is 0.243 e. The Morgan fingerprint density at radius 2 is 1.94 bits per heavy atom. The van der Waals surface area contributed by atoms with Crippen molar-refractivity contribution < 1.29 is 8.42 Å². The van der Waals surface area contributed by atoms with Crippen molar-refractivity contribution in [1.82, 2.24) is 19.6 Å². The highest BCUT2D eigenvalue weighted by atomic mass is 35.5. The predicted octanol–water partition coefficient (Wildman–Crippen LogP) is 0.748. The summed E-state index contributed by atoms with van der Waals surface area (Å²) < 4.78 is 26.2. The van der Waals surface area contributed by atoms with Crippen LogP contribution in [0, 0.1) is 0 Å². The summed E-state index contributed by atoms with van der Waals surface area (Å²) in [5.41, 5.74) is 0. The van der Waals surface area contributed by atoms with E-state index >= 15 is 0 Å². The van der Waals surface area contributed by atoms with E-state index in [1.165, 1.54) is 12.4 Å². The van der Waals surface area contributed by atoms with Gasteiger partial charge in [-0.05, 0) is 32.5 Å². The molecule has 0 bridgehead atoms. The summed E-state index contributed by atoms with van der Waals surface area (Å²) in [6, 6.07) is 0.369. The van der Waals surface area contributed by atoms with Crippen LogP contribution in [0.4, 0.5) is 0 Å². The lowest BCUT2D eigenvalue weighted by Gasteiger charge is -2.20. The largest absolute Gasteiger partial charge is 0.303 e. The molecule has 0 fully saturated rings. The highest BCUT2D eigenvalue weighted by Crippen LogP contribution is 2.07. The average Bonchev–Trinajstić information content (AvgIpc) is 2.29. The second kappa shape index (κ2) is 6.42. The zero-order chi connectivity index (χ0) is 13.8. The van der Waals surface area contributed by atoms with E-state index in [0.717, 1.165) is 0 Å². The zero-order valence-electron chi connectivity index (χ0n) is 10.6. The molecule has 0 aliphatic rings. The molecule has 0 aliphatic carbocycles. The lowest BCUT2D eigenvalue weighted by molar-refractivity contribution is 0.278. The molecule has 1 aromatic rings. The third-order valence-corrected chi connectivity index (χ3v) is 4.16. The van der Waals surface area contributed by atoms with E-state index in [1.54, 1.807) is 0 Å². The Labute approximate surface area is 112 Å². The van der Waals surface area contributed by atoms with Gasteiger partial charge in [0.05, 0.1) is 12.4 Å². The Morgan fingerprint density at radius 3 is 2.44 bits per heavy atom. The van der Waals surface area contributed by atoms with Gasteiger partial charge in [0, 0.05) is 19.1 Å². The number of rotatable bonds is 6. The molecule has 0 amide bonds.